The molecule has 0 saturated heterocycles. The van der Waals surface area contributed by atoms with E-state index in [4.69, 9.17) is 0 Å². The van der Waals surface area contributed by atoms with Crippen molar-refractivity contribution in [2.45, 2.75) is 32.7 Å². The number of hydrogen-bond donors (Lipinski definition) is 1. The lowest BCUT2D eigenvalue weighted by Gasteiger charge is -2.10. The lowest BCUT2D eigenvalue weighted by molar-refractivity contribution is 0.531. The van der Waals surface area contributed by atoms with Crippen LogP contribution in [-0.4, -0.2) is 16.7 Å². The van der Waals surface area contributed by atoms with Gasteiger partial charge in [-0.15, -0.1) is 10.2 Å². The van der Waals surface area contributed by atoms with Gasteiger partial charge < -0.3 is 5.32 Å². The Bertz CT molecular complexity index is 527. The molecular weight excluding hydrogens is 261 g/mol. The van der Waals surface area contributed by atoms with E-state index in [1.165, 1.54) is 6.07 Å². The molecule has 0 bridgehead atoms. The summed E-state index contributed by atoms with van der Waals surface area (Å²) in [7, 11) is 0. The molecule has 5 heteroatoms. The third kappa shape index (κ3) is 3.81. The molecule has 0 aliphatic carbocycles. The van der Waals surface area contributed by atoms with Gasteiger partial charge in [0.1, 0.15) is 15.8 Å². The summed E-state index contributed by atoms with van der Waals surface area (Å²) in [6.07, 6.45) is 1.63. The highest BCUT2D eigenvalue weighted by Gasteiger charge is 2.14. The van der Waals surface area contributed by atoms with Gasteiger partial charge in [0, 0.05) is 6.42 Å². The fourth-order valence-electron chi connectivity index (χ4n) is 1.95. The molecule has 1 aromatic heterocycles. The largest absolute Gasteiger partial charge is 0.308 e. The van der Waals surface area contributed by atoms with E-state index >= 15 is 0 Å². The average Bonchev–Trinajstić information content (AvgIpc) is 2.84. The lowest BCUT2D eigenvalue weighted by atomic mass is 10.1. The molecule has 0 aliphatic rings. The Morgan fingerprint density at radius 3 is 2.84 bits per heavy atom. The fourth-order valence-corrected chi connectivity index (χ4v) is 2.99. The van der Waals surface area contributed by atoms with Crippen molar-refractivity contribution < 1.29 is 4.39 Å². The summed E-state index contributed by atoms with van der Waals surface area (Å²) in [5.74, 6) is -0.207. The molecular formula is C14H18FN3S. The standard InChI is InChI=1S/C14H18FN3S/c1-3-12(16-4-2)14-18-17-13(19-14)9-10-6-5-7-11(15)8-10/h5-8,12,16H,3-4,9H2,1-2H3. The van der Waals surface area contributed by atoms with Crippen molar-refractivity contribution in [1.82, 2.24) is 15.5 Å². The highest BCUT2D eigenvalue weighted by atomic mass is 32.1. The molecule has 19 heavy (non-hydrogen) atoms. The van der Waals surface area contributed by atoms with Gasteiger partial charge in [0.25, 0.3) is 0 Å². The molecule has 2 rings (SSSR count). The van der Waals surface area contributed by atoms with Crippen molar-refractivity contribution in [3.63, 3.8) is 0 Å². The lowest BCUT2D eigenvalue weighted by Crippen LogP contribution is -2.19. The molecule has 1 heterocycles. The van der Waals surface area contributed by atoms with Crippen LogP contribution >= 0.6 is 11.3 Å². The number of nitrogens with zero attached hydrogens (tertiary/aromatic N) is 2. The maximum atomic E-state index is 13.1. The van der Waals surface area contributed by atoms with Crippen LogP contribution in [0.15, 0.2) is 24.3 Å². The van der Waals surface area contributed by atoms with E-state index in [9.17, 15) is 4.39 Å². The molecule has 0 radical (unpaired) electrons. The molecule has 102 valence electrons. The summed E-state index contributed by atoms with van der Waals surface area (Å²) in [4.78, 5) is 0. The van der Waals surface area contributed by atoms with E-state index < -0.39 is 0 Å². The van der Waals surface area contributed by atoms with Crippen LogP contribution in [0.25, 0.3) is 0 Å². The Kier molecular flexibility index (Phi) is 4.99. The minimum absolute atomic E-state index is 0.207. The molecule has 0 spiro atoms. The van der Waals surface area contributed by atoms with Crippen LogP contribution in [-0.2, 0) is 6.42 Å². The van der Waals surface area contributed by atoms with Gasteiger partial charge in [0.2, 0.25) is 0 Å². The third-order valence-electron chi connectivity index (χ3n) is 2.88. The molecule has 1 aromatic carbocycles. The highest BCUT2D eigenvalue weighted by Crippen LogP contribution is 2.22. The van der Waals surface area contributed by atoms with Crippen LogP contribution < -0.4 is 5.32 Å². The first-order chi connectivity index (χ1) is 9.22. The van der Waals surface area contributed by atoms with E-state index in [0.29, 0.717) is 6.42 Å². The number of benzene rings is 1. The summed E-state index contributed by atoms with van der Waals surface area (Å²) < 4.78 is 13.1. The minimum atomic E-state index is -0.207. The molecule has 0 aliphatic heterocycles. The van der Waals surface area contributed by atoms with E-state index in [1.807, 2.05) is 6.07 Å². The van der Waals surface area contributed by atoms with Gasteiger partial charge in [0.05, 0.1) is 6.04 Å². The van der Waals surface area contributed by atoms with Crippen molar-refractivity contribution in [2.24, 2.45) is 0 Å². The number of rotatable bonds is 6. The first kappa shape index (κ1) is 14.1. The fraction of sp³-hybridized carbons (Fsp3) is 0.429. The van der Waals surface area contributed by atoms with Crippen LogP contribution in [0.3, 0.4) is 0 Å². The molecule has 3 nitrogen and oxygen atoms in total. The van der Waals surface area contributed by atoms with Crippen LogP contribution in [0.2, 0.25) is 0 Å². The summed E-state index contributed by atoms with van der Waals surface area (Å²) in [6.45, 7) is 5.12. The minimum Gasteiger partial charge on any atom is -0.308 e. The van der Waals surface area contributed by atoms with E-state index in [2.05, 4.69) is 29.4 Å². The first-order valence-electron chi connectivity index (χ1n) is 6.53. The van der Waals surface area contributed by atoms with E-state index in [-0.39, 0.29) is 11.9 Å². The summed E-state index contributed by atoms with van der Waals surface area (Å²) >= 11 is 1.60. The molecule has 1 unspecified atom stereocenters. The molecule has 1 N–H and O–H groups in total. The zero-order chi connectivity index (χ0) is 13.7. The molecule has 0 fully saturated rings. The Labute approximate surface area is 116 Å². The number of nitrogens with one attached hydrogen (secondary N) is 1. The van der Waals surface area contributed by atoms with Crippen LogP contribution in [0.1, 0.15) is 41.9 Å². The predicted molar refractivity (Wildman–Crippen MR) is 75.8 cm³/mol. The third-order valence-corrected chi connectivity index (χ3v) is 3.92. The highest BCUT2D eigenvalue weighted by molar-refractivity contribution is 7.11. The van der Waals surface area contributed by atoms with Gasteiger partial charge in [-0.05, 0) is 30.7 Å². The zero-order valence-electron chi connectivity index (χ0n) is 11.2. The normalized spacial score (nSPS) is 12.6. The SMILES string of the molecule is CCNC(CC)c1nnc(Cc2cccc(F)c2)s1. The average molecular weight is 279 g/mol. The van der Waals surface area contributed by atoms with Gasteiger partial charge in [-0.1, -0.05) is 37.3 Å². The number of aromatic nitrogens is 2. The first-order valence-corrected chi connectivity index (χ1v) is 7.34. The molecule has 0 saturated carbocycles. The number of hydrogen-bond acceptors (Lipinski definition) is 4. The predicted octanol–water partition coefficient (Wildman–Crippen LogP) is 3.33. The van der Waals surface area contributed by atoms with Crippen molar-refractivity contribution in [2.75, 3.05) is 6.54 Å². The summed E-state index contributed by atoms with van der Waals surface area (Å²) in [5.41, 5.74) is 0.930. The molecule has 0 amide bonds. The second-order valence-corrected chi connectivity index (χ2v) is 5.45. The second kappa shape index (κ2) is 6.73. The Balaban J connectivity index is 2.08. The second-order valence-electron chi connectivity index (χ2n) is 4.36. The van der Waals surface area contributed by atoms with Gasteiger partial charge in [0.15, 0.2) is 0 Å². The maximum Gasteiger partial charge on any atom is 0.134 e. The van der Waals surface area contributed by atoms with Gasteiger partial charge >= 0.3 is 0 Å². The summed E-state index contributed by atoms with van der Waals surface area (Å²) in [6, 6.07) is 6.89. The Morgan fingerprint density at radius 2 is 2.16 bits per heavy atom. The van der Waals surface area contributed by atoms with Gasteiger partial charge in [-0.2, -0.15) is 0 Å². The van der Waals surface area contributed by atoms with Crippen LogP contribution in [0.5, 0.6) is 0 Å². The number of halogens is 1. The van der Waals surface area contributed by atoms with E-state index in [0.717, 1.165) is 28.5 Å². The van der Waals surface area contributed by atoms with Crippen LogP contribution in [0, 0.1) is 5.82 Å². The maximum absolute atomic E-state index is 13.1. The quantitative estimate of drug-likeness (QED) is 0.881. The Hall–Kier alpha value is -1.33. The van der Waals surface area contributed by atoms with Crippen molar-refractivity contribution in [3.05, 3.63) is 45.7 Å². The van der Waals surface area contributed by atoms with Crippen molar-refractivity contribution in [3.8, 4) is 0 Å². The van der Waals surface area contributed by atoms with Crippen LogP contribution in [0.4, 0.5) is 4.39 Å². The van der Waals surface area contributed by atoms with Crippen molar-refractivity contribution >= 4 is 11.3 Å². The summed E-state index contributed by atoms with van der Waals surface area (Å²) in [5, 5.41) is 13.8. The molecule has 2 aromatic rings. The molecule has 1 atom stereocenters. The van der Waals surface area contributed by atoms with E-state index in [1.54, 1.807) is 23.5 Å². The van der Waals surface area contributed by atoms with Crippen molar-refractivity contribution in [1.29, 1.82) is 0 Å². The van der Waals surface area contributed by atoms with Gasteiger partial charge in [-0.3, -0.25) is 0 Å². The smallest absolute Gasteiger partial charge is 0.134 e. The monoisotopic (exact) mass is 279 g/mol. The topological polar surface area (TPSA) is 37.8 Å². The Morgan fingerprint density at radius 1 is 1.32 bits per heavy atom. The van der Waals surface area contributed by atoms with Gasteiger partial charge in [-0.25, -0.2) is 4.39 Å². The zero-order valence-corrected chi connectivity index (χ0v) is 12.0.